The molecule has 104 valence electrons. The van der Waals surface area contributed by atoms with Gasteiger partial charge < -0.3 is 24.6 Å². The molecule has 0 aromatic carbocycles. The van der Waals surface area contributed by atoms with Crippen molar-refractivity contribution in [1.82, 2.24) is 9.97 Å². The van der Waals surface area contributed by atoms with E-state index in [-0.39, 0.29) is 0 Å². The molecule has 0 aliphatic heterocycles. The van der Waals surface area contributed by atoms with Crippen LogP contribution < -0.4 is 11.2 Å². The predicted molar refractivity (Wildman–Crippen MR) is 52.8 cm³/mol. The highest BCUT2D eigenvalue weighted by Gasteiger charge is 2.27. The van der Waals surface area contributed by atoms with E-state index >= 15 is 0 Å². The smallest absolute Gasteiger partial charge is 0.311 e. The Bertz CT molecular complexity index is 575. The van der Waals surface area contributed by atoms with Crippen molar-refractivity contribution in [2.24, 2.45) is 0 Å². The summed E-state index contributed by atoms with van der Waals surface area (Å²) < 4.78 is 34.2. The fourth-order valence-electron chi connectivity index (χ4n) is 0.532. The summed E-state index contributed by atoms with van der Waals surface area (Å²) in [7, 11) is -10.1. The average molecular weight is 308 g/mol. The van der Waals surface area contributed by atoms with Gasteiger partial charge in [-0.3, -0.25) is 9.78 Å². The maximum Gasteiger partial charge on any atom is 0.478 e. The zero-order valence-electron chi connectivity index (χ0n) is 8.18. The van der Waals surface area contributed by atoms with Gasteiger partial charge in [0.1, 0.15) is 0 Å². The van der Waals surface area contributed by atoms with E-state index in [2.05, 4.69) is 4.31 Å². The van der Waals surface area contributed by atoms with E-state index in [1.807, 2.05) is 4.98 Å². The molecule has 0 spiro atoms. The molecule has 14 heteroatoms. The highest BCUT2D eigenvalue weighted by Crippen LogP contribution is 2.53. The molecule has 0 radical (unpaired) electrons. The molecule has 6 N–H and O–H groups in total. The van der Waals surface area contributed by atoms with Crippen LogP contribution in [0.15, 0.2) is 15.8 Å². The van der Waals surface area contributed by atoms with Crippen LogP contribution in [-0.4, -0.2) is 29.5 Å². The number of phosphoric acid groups is 2. The number of hydrogen-bond donors (Lipinski definition) is 6. The summed E-state index contributed by atoms with van der Waals surface area (Å²) in [6.45, 7) is 0. The van der Waals surface area contributed by atoms with E-state index in [1.54, 1.807) is 4.98 Å². The van der Waals surface area contributed by atoms with Gasteiger partial charge in [-0.25, -0.2) is 13.9 Å². The van der Waals surface area contributed by atoms with Gasteiger partial charge in [-0.15, -0.1) is 0 Å². The highest BCUT2D eigenvalue weighted by atomic mass is 31.3. The first-order valence-corrected chi connectivity index (χ1v) is 6.77. The normalized spacial score (nSPS) is 11.6. The van der Waals surface area contributed by atoms with Crippen LogP contribution in [0.1, 0.15) is 0 Å². The van der Waals surface area contributed by atoms with E-state index in [0.717, 1.165) is 0 Å². The molecule has 1 heterocycles. The Labute approximate surface area is 96.8 Å². The molecule has 0 fully saturated rings. The summed E-state index contributed by atoms with van der Waals surface area (Å²) in [5.41, 5.74) is -1.71. The van der Waals surface area contributed by atoms with Crippen molar-refractivity contribution in [3.8, 4) is 0 Å². The van der Waals surface area contributed by atoms with Crippen LogP contribution in [0.4, 0.5) is 4.39 Å². The zero-order chi connectivity index (χ0) is 14.6. The van der Waals surface area contributed by atoms with E-state index in [0.29, 0.717) is 6.20 Å². The molecule has 0 saturated heterocycles. The first-order valence-electron chi connectivity index (χ1n) is 3.70. The molecular formula is C4H7FN2O9P2. The van der Waals surface area contributed by atoms with Gasteiger partial charge >= 0.3 is 21.3 Å². The van der Waals surface area contributed by atoms with Crippen LogP contribution >= 0.6 is 15.6 Å². The first kappa shape index (κ1) is 16.9. The summed E-state index contributed by atoms with van der Waals surface area (Å²) in [5.74, 6) is -0.991. The average Bonchev–Trinajstić information content (AvgIpc) is 2.06. The molecule has 0 aliphatic carbocycles. The second-order valence-electron chi connectivity index (χ2n) is 2.48. The summed E-state index contributed by atoms with van der Waals surface area (Å²) in [4.78, 5) is 55.0. The monoisotopic (exact) mass is 308 g/mol. The lowest BCUT2D eigenvalue weighted by Crippen LogP contribution is -2.23. The summed E-state index contributed by atoms with van der Waals surface area (Å²) in [6.07, 6.45) is 0.709. The van der Waals surface area contributed by atoms with E-state index in [4.69, 9.17) is 19.6 Å². The van der Waals surface area contributed by atoms with Crippen LogP contribution in [-0.2, 0) is 13.4 Å². The minimum atomic E-state index is -5.05. The Morgan fingerprint density at radius 1 is 1.11 bits per heavy atom. The fraction of sp³-hybridized carbons (Fsp3) is 0. The van der Waals surface area contributed by atoms with Crippen molar-refractivity contribution in [1.29, 1.82) is 0 Å². The van der Waals surface area contributed by atoms with Crippen LogP contribution in [0.2, 0.25) is 0 Å². The molecule has 18 heavy (non-hydrogen) atoms. The lowest BCUT2D eigenvalue weighted by Gasteiger charge is -2.03. The van der Waals surface area contributed by atoms with Gasteiger partial charge in [0.05, 0.1) is 0 Å². The molecule has 1 aromatic rings. The van der Waals surface area contributed by atoms with Crippen molar-refractivity contribution in [2.45, 2.75) is 0 Å². The Hall–Kier alpha value is -1.13. The lowest BCUT2D eigenvalue weighted by molar-refractivity contribution is 0.225. The van der Waals surface area contributed by atoms with Gasteiger partial charge in [0.25, 0.3) is 5.56 Å². The summed E-state index contributed by atoms with van der Waals surface area (Å²) in [6, 6.07) is 0. The first-order chi connectivity index (χ1) is 7.91. The molecule has 0 amide bonds. The Balaban J connectivity index is 0.000000321. The number of hydrogen-bond acceptors (Lipinski definition) is 5. The Morgan fingerprint density at radius 2 is 1.56 bits per heavy atom. The van der Waals surface area contributed by atoms with Gasteiger partial charge in [-0.1, -0.05) is 0 Å². The van der Waals surface area contributed by atoms with E-state index in [9.17, 15) is 23.1 Å². The number of H-pyrrole nitrogens is 2. The third-order valence-electron chi connectivity index (χ3n) is 0.987. The Morgan fingerprint density at radius 3 is 1.78 bits per heavy atom. The second-order valence-corrected chi connectivity index (χ2v) is 5.10. The molecule has 0 atom stereocenters. The van der Waals surface area contributed by atoms with Crippen molar-refractivity contribution in [3.05, 3.63) is 32.9 Å². The van der Waals surface area contributed by atoms with Crippen molar-refractivity contribution >= 4 is 15.6 Å². The van der Waals surface area contributed by atoms with Crippen molar-refractivity contribution in [3.63, 3.8) is 0 Å². The van der Waals surface area contributed by atoms with Gasteiger partial charge in [-0.05, 0) is 0 Å². The number of nitrogens with one attached hydrogen (secondary N) is 2. The fourth-order valence-corrected chi connectivity index (χ4v) is 1.64. The predicted octanol–water partition coefficient (Wildman–Crippen LogP) is -1.61. The standard InChI is InChI=1S/C4H3FN2O2.H4O7P2/c5-2-1-6-4(9)7-3(2)8;1-8(2,3)7-9(4,5)6/h1H,(H2,6,7,8,9);(H2,1,2,3)(H2,4,5,6). The minimum absolute atomic E-state index is 0.707. The quantitative estimate of drug-likeness (QED) is 0.349. The number of aromatic amines is 2. The minimum Gasteiger partial charge on any atom is -0.311 e. The Kier molecular flexibility index (Phi) is 5.77. The molecule has 1 aromatic heterocycles. The largest absolute Gasteiger partial charge is 0.478 e. The molecule has 11 nitrogen and oxygen atoms in total. The van der Waals surface area contributed by atoms with Gasteiger partial charge in [0.15, 0.2) is 0 Å². The van der Waals surface area contributed by atoms with Crippen molar-refractivity contribution < 1.29 is 37.4 Å². The van der Waals surface area contributed by atoms with Crippen molar-refractivity contribution in [2.75, 3.05) is 0 Å². The third-order valence-corrected chi connectivity index (χ3v) is 2.69. The number of aromatic nitrogens is 2. The number of rotatable bonds is 2. The van der Waals surface area contributed by atoms with E-state index < -0.39 is 32.7 Å². The second kappa shape index (κ2) is 6.16. The third kappa shape index (κ3) is 8.96. The topological polar surface area (TPSA) is 190 Å². The molecule has 1 rings (SSSR count). The molecule has 0 bridgehead atoms. The van der Waals surface area contributed by atoms with Gasteiger partial charge in [0, 0.05) is 6.20 Å². The van der Waals surface area contributed by atoms with Gasteiger partial charge in [0.2, 0.25) is 5.82 Å². The number of halogens is 1. The van der Waals surface area contributed by atoms with Crippen LogP contribution in [0, 0.1) is 5.82 Å². The summed E-state index contributed by atoms with van der Waals surface area (Å²) in [5, 5.41) is 0. The molecule has 0 saturated carbocycles. The molecule has 0 unspecified atom stereocenters. The maximum absolute atomic E-state index is 12.0. The molecular weight excluding hydrogens is 301 g/mol. The van der Waals surface area contributed by atoms with E-state index in [1.165, 1.54) is 0 Å². The zero-order valence-corrected chi connectivity index (χ0v) is 9.97. The lowest BCUT2D eigenvalue weighted by atomic mass is 10.6. The van der Waals surface area contributed by atoms with Crippen LogP contribution in [0.25, 0.3) is 0 Å². The molecule has 0 aliphatic rings. The van der Waals surface area contributed by atoms with Crippen LogP contribution in [0.3, 0.4) is 0 Å². The SMILES string of the molecule is O=P(O)(O)OP(=O)(O)O.O=c1[nH]cc(F)c(=O)[nH]1. The maximum atomic E-state index is 12.0. The highest BCUT2D eigenvalue weighted by molar-refractivity contribution is 7.60. The summed E-state index contributed by atoms with van der Waals surface area (Å²) >= 11 is 0. The van der Waals surface area contributed by atoms with Gasteiger partial charge in [-0.2, -0.15) is 8.70 Å². The van der Waals surface area contributed by atoms with Crippen LogP contribution in [0.5, 0.6) is 0 Å².